The monoisotopic (exact) mass is 375 g/mol. The number of anilines is 1. The van der Waals surface area contributed by atoms with Crippen LogP contribution in [0.25, 0.3) is 0 Å². The van der Waals surface area contributed by atoms with Crippen LogP contribution in [0.2, 0.25) is 0 Å². The van der Waals surface area contributed by atoms with Gasteiger partial charge < -0.3 is 0 Å². The summed E-state index contributed by atoms with van der Waals surface area (Å²) in [5.41, 5.74) is 2.63. The number of carbonyl (C=O) groups excluding carboxylic acids is 1. The Hall–Kier alpha value is -2.12. The van der Waals surface area contributed by atoms with Crippen molar-refractivity contribution in [1.82, 2.24) is 9.97 Å². The number of halogens is 1. The van der Waals surface area contributed by atoms with E-state index in [1.54, 1.807) is 12.1 Å². The van der Waals surface area contributed by atoms with Gasteiger partial charge in [-0.3, -0.25) is 10.1 Å². The van der Waals surface area contributed by atoms with Crippen molar-refractivity contribution in [3.63, 3.8) is 0 Å². The number of benzene rings is 1. The summed E-state index contributed by atoms with van der Waals surface area (Å²) in [7, 11) is 0. The van der Waals surface area contributed by atoms with Gasteiger partial charge in [0.05, 0.1) is 16.4 Å². The molecule has 0 spiro atoms. The summed E-state index contributed by atoms with van der Waals surface area (Å²) in [6.07, 6.45) is 0.577. The molecule has 0 bridgehead atoms. The zero-order valence-corrected chi connectivity index (χ0v) is 15.8. The summed E-state index contributed by atoms with van der Waals surface area (Å²) >= 11 is 2.78. The van der Waals surface area contributed by atoms with Crippen molar-refractivity contribution in [2.75, 3.05) is 5.32 Å². The smallest absolute Gasteiger partial charge is 0.269 e. The predicted molar refractivity (Wildman–Crippen MR) is 100 cm³/mol. The molecule has 130 valence electrons. The number of carbonyl (C=O) groups is 1. The van der Waals surface area contributed by atoms with Crippen molar-refractivity contribution in [2.24, 2.45) is 0 Å². The van der Waals surface area contributed by atoms with Crippen molar-refractivity contribution in [3.8, 4) is 0 Å². The third kappa shape index (κ3) is 4.29. The first kappa shape index (κ1) is 17.7. The molecule has 0 fully saturated rings. The number of aryl methyl sites for hydroxylation is 1. The Morgan fingerprint density at radius 1 is 1.24 bits per heavy atom. The van der Waals surface area contributed by atoms with E-state index in [0.29, 0.717) is 28.0 Å². The van der Waals surface area contributed by atoms with E-state index in [4.69, 9.17) is 0 Å². The zero-order valence-electron chi connectivity index (χ0n) is 14.2. The highest BCUT2D eigenvalue weighted by atomic mass is 32.1. The lowest BCUT2D eigenvalue weighted by atomic mass is 10.1. The summed E-state index contributed by atoms with van der Waals surface area (Å²) in [6, 6.07) is 6.32. The Balaban J connectivity index is 1.72. The first-order valence-electron chi connectivity index (χ1n) is 7.90. The van der Waals surface area contributed by atoms with Crippen LogP contribution in [-0.4, -0.2) is 15.9 Å². The van der Waals surface area contributed by atoms with Gasteiger partial charge in [-0.05, 0) is 30.5 Å². The van der Waals surface area contributed by atoms with Crippen molar-refractivity contribution < 1.29 is 9.18 Å². The average Bonchev–Trinajstić information content (AvgIpc) is 3.16. The largest absolute Gasteiger partial charge is 0.297 e. The predicted octanol–water partition coefficient (Wildman–Crippen LogP) is 5.01. The van der Waals surface area contributed by atoms with E-state index in [0.717, 1.165) is 16.3 Å². The molecule has 3 aromatic rings. The van der Waals surface area contributed by atoms with Gasteiger partial charge in [-0.15, -0.1) is 22.7 Å². The zero-order chi connectivity index (χ0) is 18.0. The maximum atomic E-state index is 13.0. The lowest BCUT2D eigenvalue weighted by Crippen LogP contribution is -2.11. The molecule has 2 aromatic heterocycles. The Morgan fingerprint density at radius 2 is 1.96 bits per heavy atom. The first-order valence-corrected chi connectivity index (χ1v) is 9.59. The fraction of sp³-hybridized carbons (Fsp3) is 0.278. The molecule has 1 N–H and O–H groups in total. The van der Waals surface area contributed by atoms with E-state index < -0.39 is 0 Å². The van der Waals surface area contributed by atoms with Gasteiger partial charge in [0, 0.05) is 11.8 Å². The second-order valence-corrected chi connectivity index (χ2v) is 7.95. The summed E-state index contributed by atoms with van der Waals surface area (Å²) < 4.78 is 13.0. The molecule has 0 aliphatic heterocycles. The molecule has 0 saturated heterocycles. The number of hydrogen-bond acceptors (Lipinski definition) is 5. The number of thiazole rings is 2. The van der Waals surface area contributed by atoms with Crippen LogP contribution < -0.4 is 5.32 Å². The molecular weight excluding hydrogens is 357 g/mol. The van der Waals surface area contributed by atoms with Crippen LogP contribution in [0.5, 0.6) is 0 Å². The summed E-state index contributed by atoms with van der Waals surface area (Å²) in [5, 5.41) is 6.23. The van der Waals surface area contributed by atoms with Gasteiger partial charge in [0.15, 0.2) is 5.13 Å². The normalized spacial score (nSPS) is 11.1. The van der Waals surface area contributed by atoms with E-state index >= 15 is 0 Å². The topological polar surface area (TPSA) is 54.9 Å². The minimum absolute atomic E-state index is 0.190. The highest BCUT2D eigenvalue weighted by Crippen LogP contribution is 2.25. The summed E-state index contributed by atoms with van der Waals surface area (Å²) in [4.78, 5) is 22.0. The molecule has 4 nitrogen and oxygen atoms in total. The number of hydrogen-bond donors (Lipinski definition) is 1. The van der Waals surface area contributed by atoms with Gasteiger partial charge in [0.1, 0.15) is 10.7 Å². The van der Waals surface area contributed by atoms with Crippen LogP contribution in [0.15, 0.2) is 29.6 Å². The SMILES string of the molecule is Cc1nc(Cc2ccc(F)cc2)sc1C(=O)Nc1nc(C(C)C)cs1. The minimum Gasteiger partial charge on any atom is -0.297 e. The molecular formula is C18H18FN3OS2. The van der Waals surface area contributed by atoms with E-state index in [1.165, 1.54) is 34.8 Å². The second-order valence-electron chi connectivity index (χ2n) is 6.01. The number of amides is 1. The molecule has 0 unspecified atom stereocenters. The van der Waals surface area contributed by atoms with Crippen LogP contribution in [0.4, 0.5) is 9.52 Å². The molecule has 25 heavy (non-hydrogen) atoms. The van der Waals surface area contributed by atoms with Crippen LogP contribution in [0.3, 0.4) is 0 Å². The quantitative estimate of drug-likeness (QED) is 0.682. The fourth-order valence-corrected chi connectivity index (χ4v) is 4.14. The third-order valence-corrected chi connectivity index (χ3v) is 5.58. The highest BCUT2D eigenvalue weighted by molar-refractivity contribution is 7.15. The molecule has 0 atom stereocenters. The molecule has 2 heterocycles. The number of aromatic nitrogens is 2. The first-order chi connectivity index (χ1) is 11.9. The Morgan fingerprint density at radius 3 is 2.60 bits per heavy atom. The van der Waals surface area contributed by atoms with Crippen molar-refractivity contribution in [2.45, 2.75) is 33.1 Å². The van der Waals surface area contributed by atoms with E-state index in [1.807, 2.05) is 12.3 Å². The van der Waals surface area contributed by atoms with Crippen molar-refractivity contribution in [3.05, 3.63) is 62.3 Å². The van der Waals surface area contributed by atoms with Gasteiger partial charge in [0.25, 0.3) is 5.91 Å². The molecule has 1 aromatic carbocycles. The molecule has 3 rings (SSSR count). The lowest BCUT2D eigenvalue weighted by molar-refractivity contribution is 0.103. The van der Waals surface area contributed by atoms with E-state index in [9.17, 15) is 9.18 Å². The Bertz CT molecular complexity index is 884. The summed E-state index contributed by atoms with van der Waals surface area (Å²) in [5.74, 6) is -0.122. The van der Waals surface area contributed by atoms with Gasteiger partial charge in [0.2, 0.25) is 0 Å². The van der Waals surface area contributed by atoms with Crippen LogP contribution in [0.1, 0.15) is 51.4 Å². The third-order valence-electron chi connectivity index (χ3n) is 3.65. The Kier molecular flexibility index (Phi) is 5.24. The molecule has 0 radical (unpaired) electrons. The van der Waals surface area contributed by atoms with Gasteiger partial charge in [-0.1, -0.05) is 26.0 Å². The average molecular weight is 375 g/mol. The maximum absolute atomic E-state index is 13.0. The molecule has 0 aliphatic rings. The summed E-state index contributed by atoms with van der Waals surface area (Å²) in [6.45, 7) is 5.95. The van der Waals surface area contributed by atoms with Crippen LogP contribution in [-0.2, 0) is 6.42 Å². The minimum atomic E-state index is -0.261. The van der Waals surface area contributed by atoms with Gasteiger partial charge in [-0.25, -0.2) is 14.4 Å². The molecule has 7 heteroatoms. The molecule has 1 amide bonds. The van der Waals surface area contributed by atoms with E-state index in [-0.39, 0.29) is 11.7 Å². The van der Waals surface area contributed by atoms with Crippen molar-refractivity contribution in [1.29, 1.82) is 0 Å². The number of nitrogens with zero attached hydrogens (tertiary/aromatic N) is 2. The maximum Gasteiger partial charge on any atom is 0.269 e. The molecule has 0 saturated carbocycles. The van der Waals surface area contributed by atoms with Gasteiger partial charge >= 0.3 is 0 Å². The number of rotatable bonds is 5. The van der Waals surface area contributed by atoms with Crippen LogP contribution in [0, 0.1) is 12.7 Å². The van der Waals surface area contributed by atoms with E-state index in [2.05, 4.69) is 29.1 Å². The van der Waals surface area contributed by atoms with Crippen molar-refractivity contribution >= 4 is 33.7 Å². The van der Waals surface area contributed by atoms with Gasteiger partial charge in [-0.2, -0.15) is 0 Å². The highest BCUT2D eigenvalue weighted by Gasteiger charge is 2.17. The molecule has 0 aliphatic carbocycles. The van der Waals surface area contributed by atoms with Crippen LogP contribution >= 0.6 is 22.7 Å². The lowest BCUT2D eigenvalue weighted by Gasteiger charge is -2.00. The second kappa shape index (κ2) is 7.41. The number of nitrogens with one attached hydrogen (secondary N) is 1. The fourth-order valence-electron chi connectivity index (χ4n) is 2.28. The Labute approximate surface area is 153 Å². The standard InChI is InChI=1S/C18H18FN3OS2/c1-10(2)14-9-24-18(21-14)22-17(23)16-11(3)20-15(25-16)8-12-4-6-13(19)7-5-12/h4-7,9-10H,8H2,1-3H3,(H,21,22,23).